The van der Waals surface area contributed by atoms with Gasteiger partial charge in [-0.1, -0.05) is 30.0 Å². The number of hydrogen-bond donors (Lipinski definition) is 3. The highest BCUT2D eigenvalue weighted by molar-refractivity contribution is 8.15. The molecule has 0 aliphatic carbocycles. The number of ether oxygens (including phenoxy) is 1. The number of rotatable bonds is 7. The summed E-state index contributed by atoms with van der Waals surface area (Å²) in [5.41, 5.74) is 7.31. The molecule has 0 unspecified atom stereocenters. The van der Waals surface area contributed by atoms with Gasteiger partial charge in [-0.3, -0.25) is 14.4 Å². The van der Waals surface area contributed by atoms with Crippen LogP contribution in [0.3, 0.4) is 0 Å². The molecule has 0 spiro atoms. The molecule has 1 atom stereocenters. The lowest BCUT2D eigenvalue weighted by Crippen LogP contribution is -2.24. The molecule has 2 aromatic carbocycles. The summed E-state index contributed by atoms with van der Waals surface area (Å²) in [6.07, 6.45) is -0.0401. The lowest BCUT2D eigenvalue weighted by Gasteiger charge is -2.10. The fourth-order valence-corrected chi connectivity index (χ4v) is 3.50. The normalized spacial score (nSPS) is 15.6. The van der Waals surface area contributed by atoms with E-state index >= 15 is 0 Å². The summed E-state index contributed by atoms with van der Waals surface area (Å²) in [5, 5.41) is 5.09. The summed E-state index contributed by atoms with van der Waals surface area (Å²) in [4.78, 5) is 39.8. The largest absolute Gasteiger partial charge is 0.497 e. The van der Waals surface area contributed by atoms with Crippen LogP contribution in [0.5, 0.6) is 5.75 Å². The molecule has 9 heteroatoms. The molecule has 2 aromatic rings. The van der Waals surface area contributed by atoms with Crippen LogP contribution >= 0.6 is 11.8 Å². The van der Waals surface area contributed by atoms with Crippen LogP contribution in [-0.4, -0.2) is 35.2 Å². The summed E-state index contributed by atoms with van der Waals surface area (Å²) in [6, 6.07) is 14.0. The summed E-state index contributed by atoms with van der Waals surface area (Å²) in [5.74, 6) is -0.277. The van der Waals surface area contributed by atoms with Crippen molar-refractivity contribution in [3.05, 3.63) is 59.7 Å². The van der Waals surface area contributed by atoms with Gasteiger partial charge in [0.25, 0.3) is 11.8 Å². The topological polar surface area (TPSA) is 123 Å². The van der Waals surface area contributed by atoms with Gasteiger partial charge in [-0.25, -0.2) is 0 Å². The summed E-state index contributed by atoms with van der Waals surface area (Å²) in [6.45, 7) is 0.363. The maximum Gasteiger partial charge on any atom is 0.262 e. The minimum absolute atomic E-state index is 0.0401. The number of nitrogens with one attached hydrogen (secondary N) is 2. The van der Waals surface area contributed by atoms with Gasteiger partial charge in [0, 0.05) is 24.2 Å². The van der Waals surface area contributed by atoms with Crippen molar-refractivity contribution in [2.24, 2.45) is 10.7 Å². The molecule has 8 nitrogen and oxygen atoms in total. The number of benzene rings is 2. The van der Waals surface area contributed by atoms with Gasteiger partial charge in [0.05, 0.1) is 7.11 Å². The molecule has 1 aliphatic heterocycles. The maximum atomic E-state index is 12.4. The minimum Gasteiger partial charge on any atom is -0.497 e. The quantitative estimate of drug-likeness (QED) is 0.638. The summed E-state index contributed by atoms with van der Waals surface area (Å²) >= 11 is 1.07. The first-order valence-electron chi connectivity index (χ1n) is 8.80. The van der Waals surface area contributed by atoms with Crippen molar-refractivity contribution in [3.63, 3.8) is 0 Å². The molecule has 29 heavy (non-hydrogen) atoms. The van der Waals surface area contributed by atoms with Crippen molar-refractivity contribution in [2.45, 2.75) is 18.2 Å². The van der Waals surface area contributed by atoms with Gasteiger partial charge in [0.1, 0.15) is 11.0 Å². The zero-order valence-corrected chi connectivity index (χ0v) is 16.5. The molecule has 3 rings (SSSR count). The average Bonchev–Trinajstić information content (AvgIpc) is 3.03. The number of amidine groups is 1. The second kappa shape index (κ2) is 9.24. The number of anilines is 1. The van der Waals surface area contributed by atoms with Crippen LogP contribution < -0.4 is 21.1 Å². The Labute approximate surface area is 171 Å². The van der Waals surface area contributed by atoms with Crippen LogP contribution in [0.1, 0.15) is 22.3 Å². The van der Waals surface area contributed by atoms with E-state index in [1.807, 2.05) is 24.3 Å². The molecule has 4 N–H and O–H groups in total. The molecule has 150 valence electrons. The van der Waals surface area contributed by atoms with E-state index in [0.717, 1.165) is 23.1 Å². The Balaban J connectivity index is 1.54. The van der Waals surface area contributed by atoms with E-state index in [1.165, 1.54) is 0 Å². The number of amides is 3. The highest BCUT2D eigenvalue weighted by atomic mass is 32.2. The Morgan fingerprint density at radius 3 is 2.62 bits per heavy atom. The molecular formula is C20H20N4O4S. The third-order valence-electron chi connectivity index (χ3n) is 4.15. The monoisotopic (exact) mass is 412 g/mol. The number of aliphatic imine (C=N–C) groups is 1. The number of methoxy groups -OCH3 is 1. The van der Waals surface area contributed by atoms with Crippen LogP contribution in [0.25, 0.3) is 0 Å². The maximum absolute atomic E-state index is 12.4. The van der Waals surface area contributed by atoms with Crippen molar-refractivity contribution in [1.82, 2.24) is 5.32 Å². The molecule has 0 radical (unpaired) electrons. The predicted molar refractivity (Wildman–Crippen MR) is 112 cm³/mol. The van der Waals surface area contributed by atoms with E-state index in [4.69, 9.17) is 10.5 Å². The zero-order chi connectivity index (χ0) is 20.8. The number of nitrogens with two attached hydrogens (primary N) is 1. The van der Waals surface area contributed by atoms with Gasteiger partial charge in [0.15, 0.2) is 5.17 Å². The predicted octanol–water partition coefficient (Wildman–Crippen LogP) is 1.91. The van der Waals surface area contributed by atoms with Gasteiger partial charge in [0.2, 0.25) is 5.91 Å². The van der Waals surface area contributed by atoms with Crippen LogP contribution in [0, 0.1) is 0 Å². The minimum atomic E-state index is -0.606. The molecule has 1 aliphatic rings. The third kappa shape index (κ3) is 5.58. The SMILES string of the molecule is COc1ccc(CNC(=O)c2cccc(NC(=O)C[C@H]3SC(N)=NC3=O)c2)cc1. The summed E-state index contributed by atoms with van der Waals surface area (Å²) < 4.78 is 5.11. The Bertz CT molecular complexity index is 959. The Morgan fingerprint density at radius 2 is 1.97 bits per heavy atom. The molecule has 0 fully saturated rings. The lowest BCUT2D eigenvalue weighted by molar-refractivity contribution is -0.121. The van der Waals surface area contributed by atoms with Crippen LogP contribution in [0.4, 0.5) is 5.69 Å². The van der Waals surface area contributed by atoms with Gasteiger partial charge < -0.3 is 21.1 Å². The third-order valence-corrected chi connectivity index (χ3v) is 5.14. The van der Waals surface area contributed by atoms with Crippen molar-refractivity contribution in [3.8, 4) is 5.75 Å². The van der Waals surface area contributed by atoms with E-state index in [9.17, 15) is 14.4 Å². The zero-order valence-electron chi connectivity index (χ0n) is 15.7. The molecule has 3 amide bonds. The second-order valence-corrected chi connectivity index (χ2v) is 7.48. The van der Waals surface area contributed by atoms with Crippen molar-refractivity contribution < 1.29 is 19.1 Å². The van der Waals surface area contributed by atoms with Gasteiger partial charge in [-0.15, -0.1) is 0 Å². The van der Waals surface area contributed by atoms with Crippen molar-refractivity contribution in [1.29, 1.82) is 0 Å². The number of hydrogen-bond acceptors (Lipinski definition) is 6. The van der Waals surface area contributed by atoms with E-state index < -0.39 is 11.2 Å². The van der Waals surface area contributed by atoms with Gasteiger partial charge >= 0.3 is 0 Å². The fourth-order valence-electron chi connectivity index (χ4n) is 2.68. The standard InChI is InChI=1S/C20H20N4O4S/c1-28-15-7-5-12(6-8-15)11-22-18(26)13-3-2-4-14(9-13)23-17(25)10-16-19(27)24-20(21)29-16/h2-9,16H,10-11H2,1H3,(H,22,26)(H,23,25)(H2,21,24,27)/t16-/m1/s1. The number of thioether (sulfide) groups is 1. The molecule has 0 saturated heterocycles. The van der Waals surface area contributed by atoms with E-state index in [2.05, 4.69) is 15.6 Å². The highest BCUT2D eigenvalue weighted by Gasteiger charge is 2.29. The number of nitrogens with zero attached hydrogens (tertiary/aromatic N) is 1. The van der Waals surface area contributed by atoms with Gasteiger partial charge in [-0.2, -0.15) is 4.99 Å². The van der Waals surface area contributed by atoms with E-state index in [1.54, 1.807) is 31.4 Å². The average molecular weight is 412 g/mol. The van der Waals surface area contributed by atoms with Crippen molar-refractivity contribution >= 4 is 40.3 Å². The first-order valence-corrected chi connectivity index (χ1v) is 9.68. The molecule has 0 bridgehead atoms. The first kappa shape index (κ1) is 20.4. The molecule has 0 aromatic heterocycles. The molecular weight excluding hydrogens is 392 g/mol. The van der Waals surface area contributed by atoms with Crippen LogP contribution in [0.15, 0.2) is 53.5 Å². The van der Waals surface area contributed by atoms with Crippen LogP contribution in [-0.2, 0) is 16.1 Å². The highest BCUT2D eigenvalue weighted by Crippen LogP contribution is 2.23. The number of carbonyl (C=O) groups is 3. The van der Waals surface area contributed by atoms with Crippen LogP contribution in [0.2, 0.25) is 0 Å². The Kier molecular flexibility index (Phi) is 6.50. The van der Waals surface area contributed by atoms with E-state index in [0.29, 0.717) is 17.8 Å². The van der Waals surface area contributed by atoms with Gasteiger partial charge in [-0.05, 0) is 35.9 Å². The molecule has 1 heterocycles. The van der Waals surface area contributed by atoms with E-state index in [-0.39, 0.29) is 23.4 Å². The first-order chi connectivity index (χ1) is 13.9. The van der Waals surface area contributed by atoms with Crippen molar-refractivity contribution in [2.75, 3.05) is 12.4 Å². The Hall–Kier alpha value is -3.33. The second-order valence-electron chi connectivity index (χ2n) is 6.26. The molecule has 0 saturated carbocycles. The lowest BCUT2D eigenvalue weighted by atomic mass is 10.1. The summed E-state index contributed by atoms with van der Waals surface area (Å²) in [7, 11) is 1.59. The smallest absolute Gasteiger partial charge is 0.262 e. The number of carbonyl (C=O) groups excluding carboxylic acids is 3. The fraction of sp³-hybridized carbons (Fsp3) is 0.200. The Morgan fingerprint density at radius 1 is 1.21 bits per heavy atom.